The third-order valence-corrected chi connectivity index (χ3v) is 5.60. The smallest absolute Gasteiger partial charge is 0.328 e. The molecule has 1 amide bonds. The van der Waals surface area contributed by atoms with Crippen LogP contribution in [-0.2, 0) is 24.3 Å². The van der Waals surface area contributed by atoms with Crippen LogP contribution in [0.5, 0.6) is 0 Å². The van der Waals surface area contributed by atoms with E-state index in [-0.39, 0.29) is 4.90 Å². The second-order valence-electron chi connectivity index (χ2n) is 5.52. The number of ether oxygens (including phenoxy) is 1. The maximum Gasteiger partial charge on any atom is 0.328 e. The molecule has 0 saturated carbocycles. The van der Waals surface area contributed by atoms with Crippen LogP contribution < -0.4 is 10.0 Å². The number of amides is 1. The molecule has 0 bridgehead atoms. The van der Waals surface area contributed by atoms with Gasteiger partial charge in [-0.25, -0.2) is 13.2 Å². The Morgan fingerprint density at radius 2 is 1.84 bits per heavy atom. The summed E-state index contributed by atoms with van der Waals surface area (Å²) in [5.74, 6) is -0.581. The fourth-order valence-corrected chi connectivity index (χ4v) is 3.70. The number of methoxy groups -OCH3 is 1. The second kappa shape index (κ2) is 9.79. The van der Waals surface area contributed by atoms with Crippen molar-refractivity contribution in [1.29, 1.82) is 0 Å². The number of carbonyl (C=O) groups excluding carboxylic acids is 2. The molecule has 0 unspecified atom stereocenters. The molecule has 0 saturated heterocycles. The lowest BCUT2D eigenvalue weighted by atomic mass is 10.2. The predicted molar refractivity (Wildman–Crippen MR) is 97.9 cm³/mol. The molecule has 9 heteroatoms. The Bertz CT molecular complexity index is 689. The molecule has 0 aliphatic heterocycles. The van der Waals surface area contributed by atoms with Crippen LogP contribution in [0.1, 0.15) is 18.9 Å². The summed E-state index contributed by atoms with van der Waals surface area (Å²) < 4.78 is 32.0. The highest BCUT2D eigenvalue weighted by atomic mass is 32.2. The summed E-state index contributed by atoms with van der Waals surface area (Å²) in [5, 5.41) is 2.47. The maximum atomic E-state index is 12.5. The summed E-state index contributed by atoms with van der Waals surface area (Å²) in [6.45, 7) is 3.33. The lowest BCUT2D eigenvalue weighted by Gasteiger charge is -2.20. The van der Waals surface area contributed by atoms with E-state index in [2.05, 4.69) is 14.8 Å². The zero-order valence-corrected chi connectivity index (χ0v) is 16.4. The monoisotopic (exact) mass is 388 g/mol. The first-order valence-electron chi connectivity index (χ1n) is 7.67. The molecule has 1 rings (SSSR count). The van der Waals surface area contributed by atoms with Gasteiger partial charge in [0.15, 0.2) is 0 Å². The number of aryl methyl sites for hydroxylation is 1. The Labute approximate surface area is 153 Å². The molecule has 2 N–H and O–H groups in total. The Morgan fingerprint density at radius 3 is 2.36 bits per heavy atom. The molecule has 0 aliphatic rings. The molecule has 0 aromatic heterocycles. The van der Waals surface area contributed by atoms with Crippen LogP contribution in [0.15, 0.2) is 29.2 Å². The molecule has 0 aliphatic carbocycles. The van der Waals surface area contributed by atoms with Gasteiger partial charge in [0.1, 0.15) is 12.1 Å². The van der Waals surface area contributed by atoms with E-state index in [0.29, 0.717) is 12.2 Å². The number of nitrogens with one attached hydrogen (secondary N) is 2. The minimum atomic E-state index is -3.85. The summed E-state index contributed by atoms with van der Waals surface area (Å²) in [7, 11) is -2.63. The molecule has 0 radical (unpaired) electrons. The van der Waals surface area contributed by atoms with Gasteiger partial charge in [-0.05, 0) is 44.4 Å². The number of hydrogen-bond donors (Lipinski definition) is 2. The number of thioether (sulfide) groups is 1. The van der Waals surface area contributed by atoms with Gasteiger partial charge in [0.05, 0.1) is 12.0 Å². The van der Waals surface area contributed by atoms with Gasteiger partial charge < -0.3 is 10.1 Å². The number of esters is 1. The van der Waals surface area contributed by atoms with E-state index in [0.717, 1.165) is 5.56 Å². The molecule has 25 heavy (non-hydrogen) atoms. The maximum absolute atomic E-state index is 12.5. The van der Waals surface area contributed by atoms with Crippen molar-refractivity contribution in [1.82, 2.24) is 10.0 Å². The van der Waals surface area contributed by atoms with Crippen LogP contribution in [0.4, 0.5) is 0 Å². The normalized spacial score (nSPS) is 13.8. The van der Waals surface area contributed by atoms with Crippen LogP contribution in [0.25, 0.3) is 0 Å². The van der Waals surface area contributed by atoms with Gasteiger partial charge in [0.25, 0.3) is 0 Å². The molecule has 0 fully saturated rings. The molecule has 0 heterocycles. The van der Waals surface area contributed by atoms with E-state index in [1.807, 2.05) is 13.2 Å². The third kappa shape index (κ3) is 6.68. The minimum absolute atomic E-state index is 0.0843. The van der Waals surface area contributed by atoms with Crippen molar-refractivity contribution in [3.63, 3.8) is 0 Å². The number of rotatable bonds is 9. The number of carbonyl (C=O) groups is 2. The number of benzene rings is 1. The predicted octanol–water partition coefficient (Wildman–Crippen LogP) is 1.07. The molecular weight excluding hydrogens is 364 g/mol. The Hall–Kier alpha value is -1.58. The van der Waals surface area contributed by atoms with Crippen molar-refractivity contribution in [2.24, 2.45) is 0 Å². The third-order valence-electron chi connectivity index (χ3n) is 3.47. The molecule has 7 nitrogen and oxygen atoms in total. The van der Waals surface area contributed by atoms with Crippen LogP contribution >= 0.6 is 11.8 Å². The van der Waals surface area contributed by atoms with E-state index in [1.165, 1.54) is 37.9 Å². The summed E-state index contributed by atoms with van der Waals surface area (Å²) in [4.78, 5) is 23.9. The lowest BCUT2D eigenvalue weighted by Crippen LogP contribution is -2.51. The zero-order chi connectivity index (χ0) is 19.0. The summed E-state index contributed by atoms with van der Waals surface area (Å²) in [5.41, 5.74) is 0.933. The molecule has 2 atom stereocenters. The van der Waals surface area contributed by atoms with Crippen molar-refractivity contribution in [2.75, 3.05) is 19.1 Å². The van der Waals surface area contributed by atoms with Gasteiger partial charge in [-0.3, -0.25) is 4.79 Å². The van der Waals surface area contributed by atoms with Crippen LogP contribution in [0.3, 0.4) is 0 Å². The zero-order valence-electron chi connectivity index (χ0n) is 14.7. The average molecular weight is 389 g/mol. The molecule has 1 aromatic carbocycles. The van der Waals surface area contributed by atoms with Gasteiger partial charge in [-0.2, -0.15) is 16.5 Å². The first kappa shape index (κ1) is 21.5. The standard InChI is InChI=1S/C16H24N2O5S2/c1-11-5-7-13(8-6-11)25(21,22)18-14(9-10-24-4)15(19)17-12(2)16(20)23-3/h5-8,12,14,18H,9-10H2,1-4H3,(H,17,19)/t12-,14+/m1/s1. The van der Waals surface area contributed by atoms with Crippen molar-refractivity contribution < 1.29 is 22.7 Å². The average Bonchev–Trinajstić information content (AvgIpc) is 2.57. The van der Waals surface area contributed by atoms with E-state index in [1.54, 1.807) is 12.1 Å². The van der Waals surface area contributed by atoms with Gasteiger partial charge in [0, 0.05) is 0 Å². The van der Waals surface area contributed by atoms with E-state index < -0.39 is 34.0 Å². The largest absolute Gasteiger partial charge is 0.467 e. The highest BCUT2D eigenvalue weighted by Gasteiger charge is 2.27. The Balaban J connectivity index is 2.92. The number of hydrogen-bond acceptors (Lipinski definition) is 6. The van der Waals surface area contributed by atoms with Crippen molar-refractivity contribution in [2.45, 2.75) is 37.2 Å². The minimum Gasteiger partial charge on any atom is -0.467 e. The summed E-state index contributed by atoms with van der Waals surface area (Å²) in [6, 6.07) is 4.50. The van der Waals surface area contributed by atoms with Crippen LogP contribution in [-0.4, -0.2) is 51.5 Å². The Morgan fingerprint density at radius 1 is 1.24 bits per heavy atom. The number of sulfonamides is 1. The fraction of sp³-hybridized carbons (Fsp3) is 0.500. The highest BCUT2D eigenvalue weighted by molar-refractivity contribution is 7.98. The fourth-order valence-electron chi connectivity index (χ4n) is 2.00. The Kier molecular flexibility index (Phi) is 8.40. The first-order valence-corrected chi connectivity index (χ1v) is 10.5. The molecule has 1 aromatic rings. The van der Waals surface area contributed by atoms with E-state index in [4.69, 9.17) is 0 Å². The summed E-state index contributed by atoms with van der Waals surface area (Å²) >= 11 is 1.49. The van der Waals surface area contributed by atoms with E-state index >= 15 is 0 Å². The topological polar surface area (TPSA) is 102 Å². The highest BCUT2D eigenvalue weighted by Crippen LogP contribution is 2.12. The van der Waals surface area contributed by atoms with Crippen LogP contribution in [0, 0.1) is 6.92 Å². The lowest BCUT2D eigenvalue weighted by molar-refractivity contribution is -0.144. The first-order chi connectivity index (χ1) is 11.7. The van der Waals surface area contributed by atoms with Gasteiger partial charge in [0.2, 0.25) is 15.9 Å². The van der Waals surface area contributed by atoms with E-state index in [9.17, 15) is 18.0 Å². The van der Waals surface area contributed by atoms with Gasteiger partial charge >= 0.3 is 5.97 Å². The van der Waals surface area contributed by atoms with Gasteiger partial charge in [-0.15, -0.1) is 0 Å². The SMILES string of the molecule is COC(=O)[C@@H](C)NC(=O)[C@H](CCSC)NS(=O)(=O)c1ccc(C)cc1. The van der Waals surface area contributed by atoms with Gasteiger partial charge in [-0.1, -0.05) is 17.7 Å². The van der Waals surface area contributed by atoms with Crippen molar-refractivity contribution in [3.8, 4) is 0 Å². The van der Waals surface area contributed by atoms with Crippen molar-refractivity contribution in [3.05, 3.63) is 29.8 Å². The molecule has 0 spiro atoms. The van der Waals surface area contributed by atoms with Crippen molar-refractivity contribution >= 4 is 33.7 Å². The second-order valence-corrected chi connectivity index (χ2v) is 8.22. The molecular formula is C16H24N2O5S2. The quantitative estimate of drug-likeness (QED) is 0.614. The molecule has 140 valence electrons. The summed E-state index contributed by atoms with van der Waals surface area (Å²) in [6.07, 6.45) is 2.16. The van der Waals surface area contributed by atoms with Crippen LogP contribution in [0.2, 0.25) is 0 Å².